The van der Waals surface area contributed by atoms with Crippen molar-refractivity contribution in [1.29, 1.82) is 0 Å². The molecule has 0 radical (unpaired) electrons. The first kappa shape index (κ1) is 35.5. The number of benzene rings is 2. The van der Waals surface area contributed by atoms with E-state index in [1.165, 1.54) is 6.20 Å². The number of hydrogen-bond acceptors (Lipinski definition) is 7. The summed E-state index contributed by atoms with van der Waals surface area (Å²) >= 11 is 0. The molecule has 52 heavy (non-hydrogen) atoms. The molecule has 0 aliphatic carbocycles. The molecule has 5 heterocycles. The molecule has 9 heteroatoms. The molecule has 0 spiro atoms. The van der Waals surface area contributed by atoms with Crippen LogP contribution in [-0.2, 0) is 6.54 Å². The average molecular weight is 690 g/mol. The van der Waals surface area contributed by atoms with Crippen LogP contribution >= 0.6 is 0 Å². The van der Waals surface area contributed by atoms with Gasteiger partial charge in [0.15, 0.2) is 11.6 Å². The van der Waals surface area contributed by atoms with E-state index in [0.29, 0.717) is 39.7 Å². The third-order valence-corrected chi connectivity index (χ3v) is 9.24. The van der Waals surface area contributed by atoms with Gasteiger partial charge in [-0.1, -0.05) is 30.3 Å². The van der Waals surface area contributed by atoms with Gasteiger partial charge in [0.2, 0.25) is 10.9 Å². The maximum Gasteiger partial charge on any atom is 0.218 e. The molecular weight excluding hydrogens is 651 g/mol. The number of aromatic amines is 1. The second kappa shape index (κ2) is 14.5. The SMILES string of the molecule is Cc1ccc2[nH]cc(C(=O)c3ccc(C)c(C)c3)c(=O)c2n1.Cc1cccc(Cn2cc(C(=O)c3ccc(C)c(C)c3)c(=O)c3nc(C)ccc32)n1. The number of rotatable bonds is 6. The van der Waals surface area contributed by atoms with Gasteiger partial charge in [0.1, 0.15) is 11.0 Å². The van der Waals surface area contributed by atoms with Crippen molar-refractivity contribution in [3.05, 3.63) is 179 Å². The Morgan fingerprint density at radius 2 is 1.15 bits per heavy atom. The molecule has 9 nitrogen and oxygen atoms in total. The maximum atomic E-state index is 13.3. The van der Waals surface area contributed by atoms with E-state index in [2.05, 4.69) is 19.9 Å². The Morgan fingerprint density at radius 1 is 0.596 bits per heavy atom. The molecule has 260 valence electrons. The van der Waals surface area contributed by atoms with Gasteiger partial charge < -0.3 is 9.55 Å². The van der Waals surface area contributed by atoms with Crippen molar-refractivity contribution in [3.8, 4) is 0 Å². The smallest absolute Gasteiger partial charge is 0.218 e. The Balaban J connectivity index is 0.000000187. The quantitative estimate of drug-likeness (QED) is 0.181. The van der Waals surface area contributed by atoms with E-state index in [0.717, 1.165) is 45.0 Å². The van der Waals surface area contributed by atoms with E-state index in [9.17, 15) is 19.2 Å². The Hall–Kier alpha value is -6.35. The molecule has 7 rings (SSSR count). The highest BCUT2D eigenvalue weighted by atomic mass is 16.1. The first-order chi connectivity index (χ1) is 24.8. The van der Waals surface area contributed by atoms with Gasteiger partial charge in [0.05, 0.1) is 34.4 Å². The van der Waals surface area contributed by atoms with Gasteiger partial charge in [-0.2, -0.15) is 0 Å². The lowest BCUT2D eigenvalue weighted by Gasteiger charge is -2.13. The number of nitrogens with one attached hydrogen (secondary N) is 1. The van der Waals surface area contributed by atoms with Gasteiger partial charge >= 0.3 is 0 Å². The molecule has 5 aromatic heterocycles. The van der Waals surface area contributed by atoms with Crippen LogP contribution in [0.3, 0.4) is 0 Å². The summed E-state index contributed by atoms with van der Waals surface area (Å²) in [6, 6.07) is 24.1. The lowest BCUT2D eigenvalue weighted by molar-refractivity contribution is 0.102. The van der Waals surface area contributed by atoms with Crippen LogP contribution < -0.4 is 10.9 Å². The first-order valence-electron chi connectivity index (χ1n) is 17.0. The van der Waals surface area contributed by atoms with Crippen LogP contribution in [0, 0.1) is 48.5 Å². The Labute approximate surface area is 301 Å². The second-order valence-electron chi connectivity index (χ2n) is 13.2. The van der Waals surface area contributed by atoms with Crippen molar-refractivity contribution in [1.82, 2.24) is 24.5 Å². The lowest BCUT2D eigenvalue weighted by atomic mass is 9.99. The Morgan fingerprint density at radius 3 is 1.77 bits per heavy atom. The summed E-state index contributed by atoms with van der Waals surface area (Å²) in [6.45, 7) is 13.9. The molecule has 0 aliphatic rings. The summed E-state index contributed by atoms with van der Waals surface area (Å²) in [5.41, 5.74) is 10.0. The topological polar surface area (TPSA) is 128 Å². The van der Waals surface area contributed by atoms with Crippen molar-refractivity contribution in [3.63, 3.8) is 0 Å². The molecule has 0 amide bonds. The number of nitrogens with zero attached hydrogens (tertiary/aromatic N) is 4. The molecule has 2 aromatic carbocycles. The monoisotopic (exact) mass is 689 g/mol. The predicted octanol–water partition coefficient (Wildman–Crippen LogP) is 7.38. The van der Waals surface area contributed by atoms with Crippen LogP contribution in [0.4, 0.5) is 0 Å². The number of fused-ring (bicyclic) bond motifs is 2. The number of carbonyl (C=O) groups is 2. The van der Waals surface area contributed by atoms with Crippen molar-refractivity contribution < 1.29 is 9.59 Å². The van der Waals surface area contributed by atoms with Crippen LogP contribution in [0.25, 0.3) is 22.1 Å². The van der Waals surface area contributed by atoms with E-state index in [-0.39, 0.29) is 33.6 Å². The summed E-state index contributed by atoms with van der Waals surface area (Å²) in [5.74, 6) is -0.575. The zero-order valence-corrected chi connectivity index (χ0v) is 30.3. The van der Waals surface area contributed by atoms with Crippen LogP contribution in [0.5, 0.6) is 0 Å². The highest BCUT2D eigenvalue weighted by molar-refractivity contribution is 6.10. The summed E-state index contributed by atoms with van der Waals surface area (Å²) in [4.78, 5) is 67.9. The third kappa shape index (κ3) is 7.25. The summed E-state index contributed by atoms with van der Waals surface area (Å²) < 4.78 is 1.89. The van der Waals surface area contributed by atoms with E-state index in [1.54, 1.807) is 24.4 Å². The molecule has 0 bridgehead atoms. The minimum Gasteiger partial charge on any atom is -0.359 e. The van der Waals surface area contributed by atoms with Crippen molar-refractivity contribution in [2.24, 2.45) is 0 Å². The number of aryl methyl sites for hydroxylation is 7. The minimum absolute atomic E-state index is 0.119. The van der Waals surface area contributed by atoms with E-state index in [4.69, 9.17) is 0 Å². The average Bonchev–Trinajstić information content (AvgIpc) is 3.12. The van der Waals surface area contributed by atoms with Crippen LogP contribution in [-0.4, -0.2) is 36.1 Å². The summed E-state index contributed by atoms with van der Waals surface area (Å²) in [7, 11) is 0. The van der Waals surface area contributed by atoms with Crippen molar-refractivity contribution in [2.75, 3.05) is 0 Å². The van der Waals surface area contributed by atoms with Crippen molar-refractivity contribution in [2.45, 2.75) is 55.0 Å². The molecule has 0 saturated heterocycles. The highest BCUT2D eigenvalue weighted by Gasteiger charge is 2.20. The summed E-state index contributed by atoms with van der Waals surface area (Å²) in [5, 5.41) is 0. The summed E-state index contributed by atoms with van der Waals surface area (Å²) in [6.07, 6.45) is 3.11. The van der Waals surface area contributed by atoms with E-state index in [1.807, 2.05) is 114 Å². The fourth-order valence-electron chi connectivity index (χ4n) is 5.95. The van der Waals surface area contributed by atoms with E-state index < -0.39 is 0 Å². The van der Waals surface area contributed by atoms with E-state index >= 15 is 0 Å². The number of hydrogen-bond donors (Lipinski definition) is 1. The van der Waals surface area contributed by atoms with Crippen LogP contribution in [0.1, 0.15) is 76.9 Å². The highest BCUT2D eigenvalue weighted by Crippen LogP contribution is 2.18. The Bertz CT molecular complexity index is 2670. The van der Waals surface area contributed by atoms with Crippen LogP contribution in [0.2, 0.25) is 0 Å². The zero-order chi connectivity index (χ0) is 37.3. The number of ketones is 2. The second-order valence-corrected chi connectivity index (χ2v) is 13.2. The normalized spacial score (nSPS) is 11.0. The molecule has 0 saturated carbocycles. The van der Waals surface area contributed by atoms with Crippen LogP contribution in [0.15, 0.2) is 101 Å². The number of pyridine rings is 5. The van der Waals surface area contributed by atoms with Gasteiger partial charge in [-0.25, -0.2) is 9.97 Å². The third-order valence-electron chi connectivity index (χ3n) is 9.24. The molecular formula is C43H39N5O4. The molecule has 0 atom stereocenters. The molecule has 7 aromatic rings. The van der Waals surface area contributed by atoms with Gasteiger partial charge in [0.25, 0.3) is 0 Å². The molecule has 1 N–H and O–H groups in total. The minimum atomic E-state index is -0.342. The number of aromatic nitrogens is 5. The fraction of sp³-hybridized carbons (Fsp3) is 0.186. The Kier molecular flexibility index (Phi) is 9.88. The molecule has 0 unspecified atom stereocenters. The molecule has 0 aliphatic heterocycles. The van der Waals surface area contributed by atoms with Gasteiger partial charge in [-0.05, 0) is 119 Å². The van der Waals surface area contributed by atoms with Gasteiger partial charge in [-0.3, -0.25) is 24.2 Å². The lowest BCUT2D eigenvalue weighted by Crippen LogP contribution is -2.21. The standard InChI is InChI=1S/C25H23N3O2.C18H16N2O2/c1-15-8-10-19(12-16(15)2)24(29)21-14-28(13-20-7-5-6-17(3)26-20)22-11-9-18(4)27-23(22)25(21)30;1-10-4-6-13(8-11(10)2)17(21)14-9-19-15-7-5-12(3)20-16(15)18(14)22/h5-12,14H,13H2,1-4H3;4-9H,1-3H3,(H,19,22). The largest absolute Gasteiger partial charge is 0.359 e. The number of carbonyl (C=O) groups excluding carboxylic acids is 2. The predicted molar refractivity (Wildman–Crippen MR) is 205 cm³/mol. The first-order valence-corrected chi connectivity index (χ1v) is 17.0. The number of H-pyrrole nitrogens is 1. The zero-order valence-electron chi connectivity index (χ0n) is 30.3. The van der Waals surface area contributed by atoms with Gasteiger partial charge in [0, 0.05) is 40.6 Å². The van der Waals surface area contributed by atoms with Gasteiger partial charge in [-0.15, -0.1) is 0 Å². The maximum absolute atomic E-state index is 13.3. The van der Waals surface area contributed by atoms with Crippen molar-refractivity contribution >= 4 is 33.6 Å². The molecule has 0 fully saturated rings. The fourth-order valence-corrected chi connectivity index (χ4v) is 5.95.